The van der Waals surface area contributed by atoms with Crippen molar-refractivity contribution < 1.29 is 0 Å². The molecule has 0 aliphatic heterocycles. The van der Waals surface area contributed by atoms with Crippen molar-refractivity contribution in [1.29, 1.82) is 0 Å². The summed E-state index contributed by atoms with van der Waals surface area (Å²) in [5.41, 5.74) is 5.91. The Morgan fingerprint density at radius 3 is 2.84 bits per heavy atom. The lowest BCUT2D eigenvalue weighted by molar-refractivity contribution is 0.155. The first-order valence-corrected chi connectivity index (χ1v) is 7.54. The Morgan fingerprint density at radius 1 is 1.32 bits per heavy atom. The molecule has 6 heteroatoms. The highest BCUT2D eigenvalue weighted by molar-refractivity contribution is 4.93. The van der Waals surface area contributed by atoms with E-state index in [0.717, 1.165) is 25.5 Å². The maximum absolute atomic E-state index is 5.91. The molecule has 2 N–H and O–H groups in total. The van der Waals surface area contributed by atoms with E-state index in [1.54, 1.807) is 0 Å². The molecule has 1 heterocycles. The van der Waals surface area contributed by atoms with E-state index in [1.165, 1.54) is 32.1 Å². The van der Waals surface area contributed by atoms with Crippen LogP contribution in [0.25, 0.3) is 0 Å². The molecule has 3 rings (SSSR count). The van der Waals surface area contributed by atoms with Gasteiger partial charge in [0.2, 0.25) is 0 Å². The Bertz CT molecular complexity index is 413. The maximum atomic E-state index is 5.91. The van der Waals surface area contributed by atoms with Gasteiger partial charge >= 0.3 is 0 Å². The lowest BCUT2D eigenvalue weighted by Crippen LogP contribution is -2.40. The minimum atomic E-state index is 0.553. The molecule has 1 aromatic heterocycles. The van der Waals surface area contributed by atoms with Gasteiger partial charge in [-0.3, -0.25) is 4.90 Å². The van der Waals surface area contributed by atoms with Crippen LogP contribution >= 0.6 is 0 Å². The molecule has 2 aliphatic rings. The second kappa shape index (κ2) is 5.54. The summed E-state index contributed by atoms with van der Waals surface area (Å²) in [5, 5.41) is 12.2. The number of hydrogen-bond donors (Lipinski definition) is 1. The number of rotatable bonds is 6. The van der Waals surface area contributed by atoms with Crippen LogP contribution in [-0.4, -0.2) is 44.2 Å². The lowest BCUT2D eigenvalue weighted by atomic mass is 10.0. The highest BCUT2D eigenvalue weighted by Gasteiger charge is 2.33. The van der Waals surface area contributed by atoms with Crippen LogP contribution in [0.1, 0.15) is 50.9 Å². The normalized spacial score (nSPS) is 27.3. The topological polar surface area (TPSA) is 72.9 Å². The fourth-order valence-electron chi connectivity index (χ4n) is 3.34. The smallest absolute Gasteiger partial charge is 0.165 e. The van der Waals surface area contributed by atoms with Crippen molar-refractivity contribution in [2.75, 3.05) is 13.1 Å². The minimum absolute atomic E-state index is 0.553. The molecule has 2 atom stereocenters. The van der Waals surface area contributed by atoms with Crippen LogP contribution in [-0.2, 0) is 6.54 Å². The largest absolute Gasteiger partial charge is 0.330 e. The number of hydrogen-bond acceptors (Lipinski definition) is 5. The fourth-order valence-corrected chi connectivity index (χ4v) is 3.34. The summed E-state index contributed by atoms with van der Waals surface area (Å²) in [7, 11) is 0. The average molecular weight is 264 g/mol. The van der Waals surface area contributed by atoms with Gasteiger partial charge in [0, 0.05) is 6.04 Å². The second-order valence-electron chi connectivity index (χ2n) is 5.83. The highest BCUT2D eigenvalue weighted by Crippen LogP contribution is 2.35. The fraction of sp³-hybridized carbons (Fsp3) is 0.923. The third-order valence-electron chi connectivity index (χ3n) is 4.60. The molecule has 0 amide bonds. The zero-order chi connectivity index (χ0) is 13.2. The average Bonchev–Trinajstić information content (AvgIpc) is 3.00. The van der Waals surface area contributed by atoms with Crippen molar-refractivity contribution in [1.82, 2.24) is 25.1 Å². The Morgan fingerprint density at radius 2 is 2.16 bits per heavy atom. The molecule has 0 spiro atoms. The van der Waals surface area contributed by atoms with Gasteiger partial charge in [0.1, 0.15) is 0 Å². The lowest BCUT2D eigenvalue weighted by Gasteiger charge is -2.31. The van der Waals surface area contributed by atoms with Gasteiger partial charge in [0.25, 0.3) is 0 Å². The molecule has 0 bridgehead atoms. The number of nitrogens with zero attached hydrogens (tertiary/aromatic N) is 5. The van der Waals surface area contributed by atoms with Gasteiger partial charge < -0.3 is 5.73 Å². The predicted molar refractivity (Wildman–Crippen MR) is 72.4 cm³/mol. The van der Waals surface area contributed by atoms with Gasteiger partial charge in [-0.05, 0) is 55.1 Å². The van der Waals surface area contributed by atoms with Crippen molar-refractivity contribution in [2.24, 2.45) is 11.7 Å². The van der Waals surface area contributed by atoms with E-state index in [1.807, 2.05) is 4.68 Å². The first kappa shape index (κ1) is 13.0. The third kappa shape index (κ3) is 2.65. The molecule has 2 aliphatic carbocycles. The van der Waals surface area contributed by atoms with Crippen molar-refractivity contribution in [3.05, 3.63) is 5.82 Å². The van der Waals surface area contributed by atoms with Crippen LogP contribution in [0, 0.1) is 5.92 Å². The van der Waals surface area contributed by atoms with Crippen molar-refractivity contribution >= 4 is 0 Å². The van der Waals surface area contributed by atoms with E-state index in [0.29, 0.717) is 18.0 Å². The van der Waals surface area contributed by atoms with Gasteiger partial charge in [-0.15, -0.1) is 5.10 Å². The molecular weight excluding hydrogens is 240 g/mol. The molecule has 2 fully saturated rings. The van der Waals surface area contributed by atoms with Crippen LogP contribution in [0.3, 0.4) is 0 Å². The first-order chi connectivity index (χ1) is 9.33. The minimum Gasteiger partial charge on any atom is -0.330 e. The summed E-state index contributed by atoms with van der Waals surface area (Å²) in [4.78, 5) is 2.51. The molecule has 19 heavy (non-hydrogen) atoms. The van der Waals surface area contributed by atoms with Gasteiger partial charge in [-0.2, -0.15) is 0 Å². The van der Waals surface area contributed by atoms with Crippen LogP contribution in [0.15, 0.2) is 0 Å². The SMILES string of the molecule is CCN(Cc1nnnn1C1CC1)C1CCCC1CN. The summed E-state index contributed by atoms with van der Waals surface area (Å²) in [5.74, 6) is 1.66. The molecule has 0 saturated heterocycles. The molecular formula is C13H24N6. The summed E-state index contributed by atoms with van der Waals surface area (Å²) in [6, 6.07) is 1.16. The molecule has 1 aromatic rings. The molecule has 106 valence electrons. The quantitative estimate of drug-likeness (QED) is 0.828. The van der Waals surface area contributed by atoms with Gasteiger partial charge in [0.05, 0.1) is 12.6 Å². The van der Waals surface area contributed by atoms with Crippen molar-refractivity contribution in [3.63, 3.8) is 0 Å². The van der Waals surface area contributed by atoms with Crippen LogP contribution in [0.5, 0.6) is 0 Å². The summed E-state index contributed by atoms with van der Waals surface area (Å²) in [6.45, 7) is 4.92. The Balaban J connectivity index is 1.70. The van der Waals surface area contributed by atoms with Gasteiger partial charge in [0.15, 0.2) is 5.82 Å². The zero-order valence-corrected chi connectivity index (χ0v) is 11.7. The summed E-state index contributed by atoms with van der Waals surface area (Å²) < 4.78 is 2.02. The van der Waals surface area contributed by atoms with Crippen molar-refractivity contribution in [2.45, 2.75) is 57.7 Å². The predicted octanol–water partition coefficient (Wildman–Crippen LogP) is 0.957. The number of aromatic nitrogens is 4. The zero-order valence-electron chi connectivity index (χ0n) is 11.7. The Kier molecular flexibility index (Phi) is 3.79. The highest BCUT2D eigenvalue weighted by atomic mass is 15.6. The van der Waals surface area contributed by atoms with E-state index >= 15 is 0 Å². The molecule has 0 radical (unpaired) electrons. The number of tetrazole rings is 1. The van der Waals surface area contributed by atoms with Gasteiger partial charge in [-0.25, -0.2) is 4.68 Å². The Hall–Kier alpha value is -1.01. The van der Waals surface area contributed by atoms with E-state index in [4.69, 9.17) is 5.73 Å². The van der Waals surface area contributed by atoms with E-state index in [9.17, 15) is 0 Å². The van der Waals surface area contributed by atoms with Crippen LogP contribution in [0.2, 0.25) is 0 Å². The standard InChI is InChI=1S/C13H24N6/c1-2-18(12-5-3-4-10(12)8-14)9-13-15-16-17-19(13)11-6-7-11/h10-12H,2-9,14H2,1H3. The monoisotopic (exact) mass is 264 g/mol. The van der Waals surface area contributed by atoms with Crippen LogP contribution in [0.4, 0.5) is 0 Å². The molecule has 6 nitrogen and oxygen atoms in total. The molecule has 2 saturated carbocycles. The van der Waals surface area contributed by atoms with Crippen LogP contribution < -0.4 is 5.73 Å². The van der Waals surface area contributed by atoms with E-state index in [-0.39, 0.29) is 0 Å². The molecule has 0 aromatic carbocycles. The summed E-state index contributed by atoms with van der Waals surface area (Å²) in [6.07, 6.45) is 6.28. The third-order valence-corrected chi connectivity index (χ3v) is 4.60. The van der Waals surface area contributed by atoms with E-state index in [2.05, 4.69) is 27.3 Å². The summed E-state index contributed by atoms with van der Waals surface area (Å²) >= 11 is 0. The second-order valence-corrected chi connectivity index (χ2v) is 5.83. The number of nitrogens with two attached hydrogens (primary N) is 1. The maximum Gasteiger partial charge on any atom is 0.165 e. The first-order valence-electron chi connectivity index (χ1n) is 7.54. The van der Waals surface area contributed by atoms with Crippen molar-refractivity contribution in [3.8, 4) is 0 Å². The van der Waals surface area contributed by atoms with E-state index < -0.39 is 0 Å². The Labute approximate surface area is 114 Å². The van der Waals surface area contributed by atoms with Gasteiger partial charge in [-0.1, -0.05) is 13.3 Å². The molecule has 2 unspecified atom stereocenters.